The summed E-state index contributed by atoms with van der Waals surface area (Å²) in [4.78, 5) is 41.9. The zero-order valence-corrected chi connectivity index (χ0v) is 23.0. The molecule has 0 saturated heterocycles. The monoisotopic (exact) mass is 530 g/mol. The van der Waals surface area contributed by atoms with Crippen LogP contribution in [0.1, 0.15) is 49.5 Å². The van der Waals surface area contributed by atoms with Gasteiger partial charge in [0.1, 0.15) is 23.2 Å². The molecule has 1 aromatic heterocycles. The van der Waals surface area contributed by atoms with Crippen molar-refractivity contribution in [3.05, 3.63) is 35.2 Å². The van der Waals surface area contributed by atoms with Gasteiger partial charge in [-0.25, -0.2) is 9.59 Å². The summed E-state index contributed by atoms with van der Waals surface area (Å²) in [5, 5.41) is 22.0. The first-order valence-electron chi connectivity index (χ1n) is 12.7. The summed E-state index contributed by atoms with van der Waals surface area (Å²) < 4.78 is 11.4. The third-order valence-electron chi connectivity index (χ3n) is 6.41. The Morgan fingerprint density at radius 1 is 1.24 bits per heavy atom. The molecule has 0 spiro atoms. The lowest BCUT2D eigenvalue weighted by molar-refractivity contribution is 0.0366. The number of benzene rings is 1. The number of hydrogen-bond donors (Lipinski definition) is 4. The molecule has 3 rings (SSSR count). The molecule has 12 heteroatoms. The normalized spacial score (nSPS) is 18.1. The molecule has 12 nitrogen and oxygen atoms in total. The van der Waals surface area contributed by atoms with Gasteiger partial charge in [0, 0.05) is 31.2 Å². The molecule has 0 saturated carbocycles. The average molecular weight is 531 g/mol. The second-order valence-corrected chi connectivity index (χ2v) is 10.1. The number of aliphatic hydroxyl groups is 1. The fraction of sp³-hybridized carbons (Fsp3) is 0.538. The van der Waals surface area contributed by atoms with Gasteiger partial charge >= 0.3 is 12.1 Å². The third-order valence-corrected chi connectivity index (χ3v) is 6.41. The van der Waals surface area contributed by atoms with E-state index >= 15 is 0 Å². The Hall–Kier alpha value is -3.80. The Morgan fingerprint density at radius 3 is 2.55 bits per heavy atom. The molecule has 1 aliphatic heterocycles. The van der Waals surface area contributed by atoms with Gasteiger partial charge in [-0.2, -0.15) is 0 Å². The summed E-state index contributed by atoms with van der Waals surface area (Å²) in [5.41, 5.74) is 1.63. The molecular formula is C26H38N6O6. The first-order chi connectivity index (χ1) is 17.9. The van der Waals surface area contributed by atoms with E-state index in [1.165, 1.54) is 0 Å². The molecule has 0 radical (unpaired) electrons. The number of carbonyl (C=O) groups excluding carboxylic acids is 3. The van der Waals surface area contributed by atoms with Crippen LogP contribution in [0.25, 0.3) is 0 Å². The van der Waals surface area contributed by atoms with Crippen LogP contribution in [0, 0.1) is 19.8 Å². The van der Waals surface area contributed by atoms with Crippen molar-refractivity contribution >= 4 is 29.3 Å². The van der Waals surface area contributed by atoms with Crippen LogP contribution in [0.5, 0.6) is 5.75 Å². The molecular weight excluding hydrogens is 492 g/mol. The summed E-state index contributed by atoms with van der Waals surface area (Å²) in [5.74, 6) is 0.331. The zero-order valence-electron chi connectivity index (χ0n) is 23.0. The van der Waals surface area contributed by atoms with E-state index in [2.05, 4.69) is 21.1 Å². The highest BCUT2D eigenvalue weighted by atomic mass is 16.5. The fourth-order valence-electron chi connectivity index (χ4n) is 4.17. The van der Waals surface area contributed by atoms with E-state index in [1.54, 1.807) is 55.8 Å². The van der Waals surface area contributed by atoms with E-state index in [4.69, 9.17) is 9.26 Å². The summed E-state index contributed by atoms with van der Waals surface area (Å²) in [6, 6.07) is 3.60. The highest BCUT2D eigenvalue weighted by Gasteiger charge is 2.34. The van der Waals surface area contributed by atoms with Crippen molar-refractivity contribution in [2.75, 3.05) is 37.4 Å². The van der Waals surface area contributed by atoms with Crippen LogP contribution in [0.2, 0.25) is 0 Å². The molecule has 38 heavy (non-hydrogen) atoms. The van der Waals surface area contributed by atoms with Gasteiger partial charge in [0.2, 0.25) is 0 Å². The number of fused-ring (bicyclic) bond motifs is 1. The molecule has 208 valence electrons. The number of rotatable bonds is 7. The van der Waals surface area contributed by atoms with Gasteiger partial charge in [-0.3, -0.25) is 4.79 Å². The van der Waals surface area contributed by atoms with Crippen LogP contribution in [-0.4, -0.2) is 83.0 Å². The number of likely N-dealkylation sites (N-methyl/N-ethyl adjacent to an activating group) is 1. The maximum atomic E-state index is 13.6. The lowest BCUT2D eigenvalue weighted by atomic mass is 9.99. The Bertz CT molecular complexity index is 1150. The number of aryl methyl sites for hydroxylation is 2. The number of nitrogens with one attached hydrogen (secondary N) is 3. The van der Waals surface area contributed by atoms with Gasteiger partial charge in [0.25, 0.3) is 5.91 Å². The lowest BCUT2D eigenvalue weighted by Gasteiger charge is -2.38. The molecule has 0 bridgehead atoms. The number of aliphatic hydroxyl groups excluding tert-OH is 1. The highest BCUT2D eigenvalue weighted by Crippen LogP contribution is 2.31. The van der Waals surface area contributed by atoms with Crippen LogP contribution in [-0.2, 0) is 0 Å². The number of hydrogen-bond acceptors (Lipinski definition) is 7. The number of anilines is 2. The largest absolute Gasteiger partial charge is 0.487 e. The predicted octanol–water partition coefficient (Wildman–Crippen LogP) is 3.21. The molecule has 2 heterocycles. The maximum Gasteiger partial charge on any atom is 0.323 e. The van der Waals surface area contributed by atoms with Crippen molar-refractivity contribution in [2.24, 2.45) is 5.92 Å². The molecule has 4 N–H and O–H groups in total. The maximum absolute atomic E-state index is 13.6. The minimum Gasteiger partial charge on any atom is -0.487 e. The van der Waals surface area contributed by atoms with Crippen molar-refractivity contribution in [1.82, 2.24) is 20.3 Å². The number of ether oxygens (including phenoxy) is 1. The van der Waals surface area contributed by atoms with Crippen molar-refractivity contribution < 1.29 is 28.8 Å². The first kappa shape index (κ1) is 28.8. The van der Waals surface area contributed by atoms with Crippen LogP contribution < -0.4 is 20.7 Å². The molecule has 3 atom stereocenters. The number of nitrogens with zero attached hydrogens (tertiary/aromatic N) is 3. The average Bonchev–Trinajstić information content (AvgIpc) is 3.17. The van der Waals surface area contributed by atoms with Crippen LogP contribution in [0.15, 0.2) is 22.7 Å². The van der Waals surface area contributed by atoms with E-state index in [1.807, 2.05) is 20.8 Å². The zero-order chi connectivity index (χ0) is 28.1. The van der Waals surface area contributed by atoms with Gasteiger partial charge in [0.15, 0.2) is 5.76 Å². The molecule has 1 aromatic carbocycles. The Kier molecular flexibility index (Phi) is 9.21. The van der Waals surface area contributed by atoms with E-state index in [0.717, 1.165) is 0 Å². The molecule has 5 amide bonds. The lowest BCUT2D eigenvalue weighted by Crippen LogP contribution is -2.51. The van der Waals surface area contributed by atoms with Crippen molar-refractivity contribution in [1.29, 1.82) is 0 Å². The quantitative estimate of drug-likeness (QED) is 0.429. The Labute approximate surface area is 222 Å². The standard InChI is InChI=1S/C26H38N6O6/c1-14(2)27-26(36)31(7)12-22-15(3)11-32(16(4)13-33)24(34)20-10-19(8-9-21(20)37-22)28-25(35)29-23-17(5)30-38-18(23)6/h8-10,14-16,22,33H,11-13H2,1-7H3,(H,27,36)(H2,28,29,35)/t15-,16+,22-/m1/s1. The second kappa shape index (κ2) is 12.2. The molecule has 0 aliphatic carbocycles. The Morgan fingerprint density at radius 2 is 1.95 bits per heavy atom. The van der Waals surface area contributed by atoms with Crippen LogP contribution >= 0.6 is 0 Å². The van der Waals surface area contributed by atoms with Crippen LogP contribution in [0.4, 0.5) is 21.0 Å². The predicted molar refractivity (Wildman–Crippen MR) is 143 cm³/mol. The summed E-state index contributed by atoms with van der Waals surface area (Å²) in [6.45, 7) is 11.3. The number of carbonyl (C=O) groups is 3. The second-order valence-electron chi connectivity index (χ2n) is 10.1. The minimum absolute atomic E-state index is 0.0133. The van der Waals surface area contributed by atoms with E-state index in [0.29, 0.717) is 35.1 Å². The van der Waals surface area contributed by atoms with Gasteiger partial charge in [-0.1, -0.05) is 12.1 Å². The van der Waals surface area contributed by atoms with Gasteiger partial charge in [-0.15, -0.1) is 0 Å². The smallest absolute Gasteiger partial charge is 0.323 e. The molecule has 2 aromatic rings. The Balaban J connectivity index is 1.88. The molecule has 0 fully saturated rings. The van der Waals surface area contributed by atoms with Gasteiger partial charge in [0.05, 0.1) is 24.8 Å². The summed E-state index contributed by atoms with van der Waals surface area (Å²) in [7, 11) is 1.69. The third kappa shape index (κ3) is 6.74. The summed E-state index contributed by atoms with van der Waals surface area (Å²) >= 11 is 0. The SMILES string of the molecule is Cc1noc(C)c1NC(=O)Nc1ccc2c(c1)C(=O)N([C@@H](C)CO)C[C@@H](C)[C@@H](CN(C)C(=O)NC(C)C)O2. The van der Waals surface area contributed by atoms with Gasteiger partial charge in [-0.05, 0) is 52.8 Å². The first-order valence-corrected chi connectivity index (χ1v) is 12.7. The number of aromatic nitrogens is 1. The van der Waals surface area contributed by atoms with Gasteiger partial charge < -0.3 is 40.1 Å². The fourth-order valence-corrected chi connectivity index (χ4v) is 4.17. The molecule has 0 unspecified atom stereocenters. The topological polar surface area (TPSA) is 149 Å². The van der Waals surface area contributed by atoms with Crippen molar-refractivity contribution in [2.45, 2.75) is 59.7 Å². The van der Waals surface area contributed by atoms with Crippen molar-refractivity contribution in [3.63, 3.8) is 0 Å². The summed E-state index contributed by atoms with van der Waals surface area (Å²) in [6.07, 6.45) is -0.431. The van der Waals surface area contributed by atoms with Crippen molar-refractivity contribution in [3.8, 4) is 5.75 Å². The van der Waals surface area contributed by atoms with E-state index < -0.39 is 18.2 Å². The minimum atomic E-state index is -0.525. The number of urea groups is 2. The van der Waals surface area contributed by atoms with E-state index in [-0.39, 0.29) is 42.6 Å². The number of amides is 5. The molecule has 1 aliphatic rings. The highest BCUT2D eigenvalue weighted by molar-refractivity contribution is 6.03. The van der Waals surface area contributed by atoms with E-state index in [9.17, 15) is 19.5 Å². The van der Waals surface area contributed by atoms with Crippen LogP contribution in [0.3, 0.4) is 0 Å².